The first-order chi connectivity index (χ1) is 9.48. The zero-order valence-electron chi connectivity index (χ0n) is 11.6. The van der Waals surface area contributed by atoms with E-state index in [-0.39, 0.29) is 12.3 Å². The van der Waals surface area contributed by atoms with Crippen molar-refractivity contribution >= 4 is 11.8 Å². The fourth-order valence-corrected chi connectivity index (χ4v) is 2.63. The number of carbonyl (C=O) groups is 2. The summed E-state index contributed by atoms with van der Waals surface area (Å²) in [5.74, 6) is -0.848. The molecule has 6 heteroatoms. The molecule has 2 N–H and O–H groups in total. The van der Waals surface area contributed by atoms with E-state index in [0.29, 0.717) is 6.54 Å². The molecule has 1 aliphatic rings. The van der Waals surface area contributed by atoms with Crippen LogP contribution in [0.4, 0.5) is 0 Å². The molecule has 1 aliphatic carbocycles. The van der Waals surface area contributed by atoms with Crippen LogP contribution >= 0.6 is 0 Å². The minimum atomic E-state index is -0.694. The number of aliphatic hydroxyl groups is 1. The fraction of sp³-hybridized carbons (Fsp3) is 0.571. The van der Waals surface area contributed by atoms with Gasteiger partial charge in [-0.1, -0.05) is 12.8 Å². The highest BCUT2D eigenvalue weighted by molar-refractivity contribution is 6.03. The second-order valence-electron chi connectivity index (χ2n) is 5.46. The molecule has 6 nitrogen and oxygen atoms in total. The van der Waals surface area contributed by atoms with E-state index in [0.717, 1.165) is 25.7 Å². The van der Waals surface area contributed by atoms with Crippen molar-refractivity contribution in [2.24, 2.45) is 0 Å². The summed E-state index contributed by atoms with van der Waals surface area (Å²) >= 11 is 0. The third kappa shape index (κ3) is 3.91. The average molecular weight is 280 g/mol. The zero-order chi connectivity index (χ0) is 14.6. The van der Waals surface area contributed by atoms with E-state index in [1.165, 1.54) is 12.3 Å². The number of nitrogens with one attached hydrogen (secondary N) is 1. The Morgan fingerprint density at radius 1 is 1.45 bits per heavy atom. The Labute approximate surface area is 117 Å². The molecular weight excluding hydrogens is 260 g/mol. The normalized spacial score (nSPS) is 17.4. The minimum Gasteiger partial charge on any atom is -0.459 e. The predicted octanol–water partition coefficient (Wildman–Crippen LogP) is 0.773. The number of carbonyl (C=O) groups excluding carboxylic acids is 2. The van der Waals surface area contributed by atoms with E-state index >= 15 is 0 Å². The van der Waals surface area contributed by atoms with Crippen molar-refractivity contribution in [1.82, 2.24) is 10.2 Å². The Morgan fingerprint density at radius 2 is 2.15 bits per heavy atom. The quantitative estimate of drug-likeness (QED) is 0.832. The average Bonchev–Trinajstić information content (AvgIpc) is 2.99. The number of hydrogen-bond donors (Lipinski definition) is 2. The highest BCUT2D eigenvalue weighted by Crippen LogP contribution is 2.29. The van der Waals surface area contributed by atoms with Gasteiger partial charge in [-0.25, -0.2) is 0 Å². The summed E-state index contributed by atoms with van der Waals surface area (Å²) in [7, 11) is 1.76. The number of likely N-dealkylation sites (N-methyl/N-ethyl adjacent to an activating group) is 1. The van der Waals surface area contributed by atoms with Crippen LogP contribution in [-0.2, 0) is 4.79 Å². The van der Waals surface area contributed by atoms with Gasteiger partial charge in [-0.3, -0.25) is 19.8 Å². The van der Waals surface area contributed by atoms with Gasteiger partial charge in [0.15, 0.2) is 5.76 Å². The van der Waals surface area contributed by atoms with Gasteiger partial charge in [0.25, 0.3) is 5.91 Å². The third-order valence-electron chi connectivity index (χ3n) is 3.51. The molecule has 0 radical (unpaired) electrons. The molecule has 1 fully saturated rings. The number of rotatable bonds is 5. The van der Waals surface area contributed by atoms with Crippen molar-refractivity contribution in [3.8, 4) is 0 Å². The van der Waals surface area contributed by atoms with Gasteiger partial charge in [-0.15, -0.1) is 0 Å². The second-order valence-corrected chi connectivity index (χ2v) is 5.46. The molecule has 1 aromatic rings. The number of nitrogens with zero attached hydrogens (tertiary/aromatic N) is 1. The zero-order valence-corrected chi connectivity index (χ0v) is 11.6. The molecule has 0 aliphatic heterocycles. The third-order valence-corrected chi connectivity index (χ3v) is 3.51. The van der Waals surface area contributed by atoms with E-state index < -0.39 is 17.4 Å². The van der Waals surface area contributed by atoms with Gasteiger partial charge in [0.05, 0.1) is 18.4 Å². The fourth-order valence-electron chi connectivity index (χ4n) is 2.63. The number of hydrogen-bond acceptors (Lipinski definition) is 5. The summed E-state index contributed by atoms with van der Waals surface area (Å²) < 4.78 is 4.91. The van der Waals surface area contributed by atoms with Crippen molar-refractivity contribution in [2.75, 3.05) is 20.1 Å². The molecule has 1 aromatic heterocycles. The summed E-state index contributed by atoms with van der Waals surface area (Å²) in [6.45, 7) is 0.504. The van der Waals surface area contributed by atoms with Crippen LogP contribution in [-0.4, -0.2) is 47.6 Å². The lowest BCUT2D eigenvalue weighted by Gasteiger charge is -2.27. The number of imide groups is 1. The molecular formula is C14H20N2O4. The molecule has 0 spiro atoms. The Bertz CT molecular complexity index is 464. The van der Waals surface area contributed by atoms with E-state index in [1.54, 1.807) is 18.0 Å². The van der Waals surface area contributed by atoms with Crippen LogP contribution in [0.3, 0.4) is 0 Å². The predicted molar refractivity (Wildman–Crippen MR) is 72.1 cm³/mol. The van der Waals surface area contributed by atoms with Crippen LogP contribution < -0.4 is 5.32 Å². The first kappa shape index (κ1) is 14.7. The highest BCUT2D eigenvalue weighted by atomic mass is 16.3. The SMILES string of the molecule is CN(CC(=O)NC(=O)c1ccco1)CC1(O)CCCC1. The summed E-state index contributed by atoms with van der Waals surface area (Å²) in [6, 6.07) is 3.08. The Kier molecular flexibility index (Phi) is 4.57. The number of furan rings is 1. The van der Waals surface area contributed by atoms with Crippen molar-refractivity contribution in [2.45, 2.75) is 31.3 Å². The van der Waals surface area contributed by atoms with Crippen molar-refractivity contribution in [3.63, 3.8) is 0 Å². The molecule has 0 saturated heterocycles. The van der Waals surface area contributed by atoms with Crippen LogP contribution in [0.15, 0.2) is 22.8 Å². The molecule has 0 aromatic carbocycles. The molecule has 2 amide bonds. The maximum Gasteiger partial charge on any atom is 0.293 e. The van der Waals surface area contributed by atoms with Gasteiger partial charge in [0.1, 0.15) is 0 Å². The van der Waals surface area contributed by atoms with Crippen molar-refractivity contribution in [3.05, 3.63) is 24.2 Å². The van der Waals surface area contributed by atoms with E-state index in [9.17, 15) is 14.7 Å². The lowest BCUT2D eigenvalue weighted by Crippen LogP contribution is -2.44. The van der Waals surface area contributed by atoms with Gasteiger partial charge in [0, 0.05) is 6.54 Å². The van der Waals surface area contributed by atoms with Gasteiger partial charge in [-0.05, 0) is 32.0 Å². The topological polar surface area (TPSA) is 82.8 Å². The maximum atomic E-state index is 11.7. The Morgan fingerprint density at radius 3 is 2.75 bits per heavy atom. The maximum absolute atomic E-state index is 11.7. The van der Waals surface area contributed by atoms with Gasteiger partial charge in [-0.2, -0.15) is 0 Å². The van der Waals surface area contributed by atoms with Crippen LogP contribution in [0, 0.1) is 0 Å². The monoisotopic (exact) mass is 280 g/mol. The summed E-state index contributed by atoms with van der Waals surface area (Å²) in [5.41, 5.74) is -0.694. The molecule has 110 valence electrons. The highest BCUT2D eigenvalue weighted by Gasteiger charge is 2.32. The lowest BCUT2D eigenvalue weighted by molar-refractivity contribution is -0.121. The number of amides is 2. The summed E-state index contributed by atoms with van der Waals surface area (Å²) in [5, 5.41) is 12.5. The van der Waals surface area contributed by atoms with E-state index in [1.807, 2.05) is 0 Å². The van der Waals surface area contributed by atoms with Crippen LogP contribution in [0.5, 0.6) is 0 Å². The van der Waals surface area contributed by atoms with E-state index in [2.05, 4.69) is 5.32 Å². The van der Waals surface area contributed by atoms with Crippen LogP contribution in [0.1, 0.15) is 36.2 Å². The van der Waals surface area contributed by atoms with Crippen LogP contribution in [0.25, 0.3) is 0 Å². The molecule has 1 saturated carbocycles. The van der Waals surface area contributed by atoms with E-state index in [4.69, 9.17) is 4.42 Å². The molecule has 20 heavy (non-hydrogen) atoms. The molecule has 0 bridgehead atoms. The van der Waals surface area contributed by atoms with Crippen molar-refractivity contribution < 1.29 is 19.1 Å². The minimum absolute atomic E-state index is 0.0642. The molecule has 0 unspecified atom stereocenters. The van der Waals surface area contributed by atoms with Crippen molar-refractivity contribution in [1.29, 1.82) is 0 Å². The molecule has 1 heterocycles. The Balaban J connectivity index is 1.77. The standard InChI is InChI=1S/C14H20N2O4/c1-16(10-14(19)6-2-3-7-14)9-12(17)15-13(18)11-5-4-8-20-11/h4-5,8,19H,2-3,6-7,9-10H2,1H3,(H,15,17,18). The largest absolute Gasteiger partial charge is 0.459 e. The van der Waals surface area contributed by atoms with Crippen LogP contribution in [0.2, 0.25) is 0 Å². The summed E-state index contributed by atoms with van der Waals surface area (Å²) in [4.78, 5) is 25.1. The Hall–Kier alpha value is -1.66. The summed E-state index contributed by atoms with van der Waals surface area (Å²) in [6.07, 6.45) is 4.96. The smallest absolute Gasteiger partial charge is 0.293 e. The molecule has 2 rings (SSSR count). The second kappa shape index (κ2) is 6.19. The first-order valence-corrected chi connectivity index (χ1v) is 6.77. The van der Waals surface area contributed by atoms with Gasteiger partial charge < -0.3 is 9.52 Å². The lowest BCUT2D eigenvalue weighted by atomic mass is 10.0. The van der Waals surface area contributed by atoms with Gasteiger partial charge in [0.2, 0.25) is 5.91 Å². The first-order valence-electron chi connectivity index (χ1n) is 6.77. The van der Waals surface area contributed by atoms with Gasteiger partial charge >= 0.3 is 0 Å². The molecule has 0 atom stereocenters.